The average Bonchev–Trinajstić information content (AvgIpc) is 3.14. The van der Waals surface area contributed by atoms with E-state index in [4.69, 9.17) is 14.5 Å². The Hall–Kier alpha value is -2.57. The maximum atomic E-state index is 13.0. The molecule has 0 spiro atoms. The minimum Gasteiger partial charge on any atom is -0.493 e. The number of aliphatic imine (C=N–C) groups is 2. The van der Waals surface area contributed by atoms with Crippen LogP contribution in [0, 0.1) is 17.3 Å². The van der Waals surface area contributed by atoms with Gasteiger partial charge in [0.15, 0.2) is 11.5 Å². The first-order valence-electron chi connectivity index (χ1n) is 12.7. The zero-order valence-electron chi connectivity index (χ0n) is 21.3. The van der Waals surface area contributed by atoms with Crippen LogP contribution in [0.15, 0.2) is 45.3 Å². The van der Waals surface area contributed by atoms with Crippen molar-refractivity contribution in [1.29, 1.82) is 0 Å². The first-order chi connectivity index (χ1) is 16.3. The third kappa shape index (κ3) is 5.56. The van der Waals surface area contributed by atoms with E-state index >= 15 is 0 Å². The van der Waals surface area contributed by atoms with Gasteiger partial charge in [0.1, 0.15) is 6.34 Å². The van der Waals surface area contributed by atoms with Gasteiger partial charge in [-0.05, 0) is 73.7 Å². The van der Waals surface area contributed by atoms with Gasteiger partial charge in [0.25, 0.3) is 0 Å². The Bertz CT molecular complexity index is 909. The number of rotatable bonds is 4. The lowest BCUT2D eigenvalue weighted by molar-refractivity contribution is 0.147. The standard InChI is InChI=1S/C27H40N4O3/c1-27(2,3)20-6-8-21(9-7-20)30-26(32)31-12-10-18(11-13-31)25-19-14-22(28-17-29-25)16-24(34-5)23(15-19)33-4/h14-18,20-22H,6-13H2,1-5H3,(H,30,32). The van der Waals surface area contributed by atoms with Crippen molar-refractivity contribution in [2.45, 2.75) is 71.4 Å². The van der Waals surface area contributed by atoms with Crippen LogP contribution in [0.3, 0.4) is 0 Å². The highest BCUT2D eigenvalue weighted by Gasteiger charge is 2.33. The summed E-state index contributed by atoms with van der Waals surface area (Å²) in [6.07, 6.45) is 14.1. The number of nitrogens with one attached hydrogen (secondary N) is 1. The second kappa shape index (κ2) is 10.4. The van der Waals surface area contributed by atoms with Gasteiger partial charge in [-0.15, -0.1) is 0 Å². The summed E-state index contributed by atoms with van der Waals surface area (Å²) in [5.74, 6) is 2.39. The Labute approximate surface area is 204 Å². The number of fused-ring (bicyclic) bond motifs is 1. The quantitative estimate of drug-likeness (QED) is 0.640. The third-order valence-corrected chi connectivity index (χ3v) is 7.82. The minimum atomic E-state index is -0.130. The van der Waals surface area contributed by atoms with E-state index in [0.29, 0.717) is 23.0 Å². The molecule has 4 rings (SSSR count). The molecule has 0 aromatic rings. The molecule has 1 N–H and O–H groups in total. The van der Waals surface area contributed by atoms with Gasteiger partial charge in [0, 0.05) is 25.0 Å². The highest BCUT2D eigenvalue weighted by Crippen LogP contribution is 2.38. The molecular formula is C27H40N4O3. The third-order valence-electron chi connectivity index (χ3n) is 7.82. The number of urea groups is 1. The van der Waals surface area contributed by atoms with Gasteiger partial charge in [0.2, 0.25) is 0 Å². The molecule has 7 heteroatoms. The lowest BCUT2D eigenvalue weighted by Crippen LogP contribution is -2.49. The molecule has 2 aliphatic carbocycles. The Morgan fingerprint density at radius 2 is 1.68 bits per heavy atom. The average molecular weight is 469 g/mol. The maximum absolute atomic E-state index is 13.0. The van der Waals surface area contributed by atoms with Crippen LogP contribution < -0.4 is 5.32 Å². The number of amides is 2. The second-order valence-corrected chi connectivity index (χ2v) is 11.0. The van der Waals surface area contributed by atoms with Crippen molar-refractivity contribution in [3.05, 3.63) is 35.3 Å². The van der Waals surface area contributed by atoms with Crippen molar-refractivity contribution in [2.75, 3.05) is 27.3 Å². The predicted molar refractivity (Wildman–Crippen MR) is 136 cm³/mol. The summed E-state index contributed by atoms with van der Waals surface area (Å²) in [6.45, 7) is 8.46. The lowest BCUT2D eigenvalue weighted by atomic mass is 9.71. The number of methoxy groups -OCH3 is 2. The van der Waals surface area contributed by atoms with Crippen LogP contribution in [0.5, 0.6) is 0 Å². The van der Waals surface area contributed by atoms with E-state index in [-0.39, 0.29) is 18.0 Å². The number of hydrogen-bond donors (Lipinski definition) is 1. The zero-order valence-corrected chi connectivity index (χ0v) is 21.3. The molecule has 2 aliphatic heterocycles. The summed E-state index contributed by atoms with van der Waals surface area (Å²) < 4.78 is 11.1. The van der Waals surface area contributed by atoms with Crippen molar-refractivity contribution in [3.8, 4) is 0 Å². The highest BCUT2D eigenvalue weighted by molar-refractivity contribution is 6.08. The summed E-state index contributed by atoms with van der Waals surface area (Å²) in [4.78, 5) is 24.2. The van der Waals surface area contributed by atoms with Crippen LogP contribution in [0.1, 0.15) is 59.3 Å². The van der Waals surface area contributed by atoms with Gasteiger partial charge in [0.05, 0.1) is 26.0 Å². The lowest BCUT2D eigenvalue weighted by Gasteiger charge is -2.38. The fourth-order valence-corrected chi connectivity index (χ4v) is 5.62. The number of nitrogens with zero attached hydrogens (tertiary/aromatic N) is 3. The second-order valence-electron chi connectivity index (χ2n) is 11.0. The Morgan fingerprint density at radius 1 is 1.00 bits per heavy atom. The van der Waals surface area contributed by atoms with Gasteiger partial charge < -0.3 is 19.7 Å². The van der Waals surface area contributed by atoms with Crippen molar-refractivity contribution in [3.63, 3.8) is 0 Å². The van der Waals surface area contributed by atoms with Crippen molar-refractivity contribution in [2.24, 2.45) is 27.2 Å². The van der Waals surface area contributed by atoms with E-state index in [1.54, 1.807) is 20.6 Å². The molecule has 1 saturated heterocycles. The molecule has 4 aliphatic rings. The highest BCUT2D eigenvalue weighted by atomic mass is 16.5. The summed E-state index contributed by atoms with van der Waals surface area (Å²) >= 11 is 0. The van der Waals surface area contributed by atoms with Crippen LogP contribution >= 0.6 is 0 Å². The number of piperidine rings is 1. The molecule has 1 unspecified atom stereocenters. The summed E-state index contributed by atoms with van der Waals surface area (Å²) in [7, 11) is 3.29. The molecular weight excluding hydrogens is 428 g/mol. The van der Waals surface area contributed by atoms with Gasteiger partial charge >= 0.3 is 6.03 Å². The summed E-state index contributed by atoms with van der Waals surface area (Å²) in [5, 5.41) is 3.31. The number of carbonyl (C=O) groups excluding carboxylic acids is 1. The molecule has 186 valence electrons. The Kier molecular flexibility index (Phi) is 7.48. The molecule has 0 radical (unpaired) electrons. The first kappa shape index (κ1) is 24.6. The molecule has 2 heterocycles. The molecule has 34 heavy (non-hydrogen) atoms. The molecule has 2 fully saturated rings. The first-order valence-corrected chi connectivity index (χ1v) is 12.7. The zero-order chi connectivity index (χ0) is 24.3. The Balaban J connectivity index is 1.33. The molecule has 7 nitrogen and oxygen atoms in total. The smallest absolute Gasteiger partial charge is 0.317 e. The summed E-state index contributed by atoms with van der Waals surface area (Å²) in [6, 6.07) is 0.264. The predicted octanol–water partition coefficient (Wildman–Crippen LogP) is 4.87. The van der Waals surface area contributed by atoms with E-state index in [0.717, 1.165) is 56.0 Å². The van der Waals surface area contributed by atoms with Crippen molar-refractivity contribution < 1.29 is 14.3 Å². The summed E-state index contributed by atoms with van der Waals surface area (Å²) in [5.41, 5.74) is 2.41. The number of allylic oxidation sites excluding steroid dienone is 2. The van der Waals surface area contributed by atoms with E-state index in [2.05, 4.69) is 37.2 Å². The molecule has 1 saturated carbocycles. The van der Waals surface area contributed by atoms with Crippen LogP contribution in [-0.4, -0.2) is 62.4 Å². The largest absolute Gasteiger partial charge is 0.493 e. The number of hydrogen-bond acceptors (Lipinski definition) is 5. The van der Waals surface area contributed by atoms with Gasteiger partial charge in [-0.25, -0.2) is 9.79 Å². The molecule has 2 bridgehead atoms. The molecule has 2 amide bonds. The van der Waals surface area contributed by atoms with Crippen LogP contribution in [0.25, 0.3) is 0 Å². The minimum absolute atomic E-state index is 0.0891. The molecule has 0 aromatic heterocycles. The normalized spacial score (nSPS) is 28.0. The SMILES string of the molecule is COC1=CC2=CC(C=C1OC)N=CN=C2C1CCN(C(=O)NC2CCC(C(C)(C)C)CC2)CC1. The fraction of sp³-hybridized carbons (Fsp3) is 0.667. The Morgan fingerprint density at radius 3 is 2.29 bits per heavy atom. The number of likely N-dealkylation sites (tertiary alicyclic amines) is 1. The van der Waals surface area contributed by atoms with Gasteiger partial charge in [-0.3, -0.25) is 4.99 Å². The topological polar surface area (TPSA) is 75.5 Å². The molecule has 0 aromatic carbocycles. The van der Waals surface area contributed by atoms with Gasteiger partial charge in [-0.1, -0.05) is 20.8 Å². The van der Waals surface area contributed by atoms with E-state index in [1.165, 1.54) is 12.8 Å². The maximum Gasteiger partial charge on any atom is 0.317 e. The van der Waals surface area contributed by atoms with Gasteiger partial charge in [-0.2, -0.15) is 0 Å². The fourth-order valence-electron chi connectivity index (χ4n) is 5.62. The number of carbonyl (C=O) groups is 1. The van der Waals surface area contributed by atoms with Crippen molar-refractivity contribution >= 4 is 18.1 Å². The van der Waals surface area contributed by atoms with E-state index < -0.39 is 0 Å². The van der Waals surface area contributed by atoms with Crippen molar-refractivity contribution in [1.82, 2.24) is 10.2 Å². The monoisotopic (exact) mass is 468 g/mol. The number of ether oxygens (including phenoxy) is 2. The van der Waals surface area contributed by atoms with E-state index in [9.17, 15) is 4.79 Å². The van der Waals surface area contributed by atoms with Crippen LogP contribution in [0.2, 0.25) is 0 Å². The van der Waals surface area contributed by atoms with E-state index in [1.807, 2.05) is 17.1 Å². The van der Waals surface area contributed by atoms with Crippen LogP contribution in [0.4, 0.5) is 4.79 Å². The molecule has 1 atom stereocenters. The van der Waals surface area contributed by atoms with Crippen LogP contribution in [-0.2, 0) is 9.47 Å².